The molecule has 0 amide bonds. The fourth-order valence-electron chi connectivity index (χ4n) is 1.64. The maximum atomic E-state index is 3.41. The van der Waals surface area contributed by atoms with E-state index in [4.69, 9.17) is 0 Å². The molecule has 0 aromatic heterocycles. The molecule has 2 heteroatoms. The van der Waals surface area contributed by atoms with E-state index in [1.54, 1.807) is 0 Å². The minimum Gasteiger partial charge on any atom is -0.314 e. The molecule has 0 aliphatic carbocycles. The molecule has 1 saturated heterocycles. The molecule has 1 rings (SSSR count). The first-order valence-corrected chi connectivity index (χ1v) is 5.15. The first-order valence-electron chi connectivity index (χ1n) is 5.15. The Labute approximate surface area is 76.3 Å². The molecule has 1 fully saturated rings. The van der Waals surface area contributed by atoms with Gasteiger partial charge in [-0.25, -0.2) is 0 Å². The summed E-state index contributed by atoms with van der Waals surface area (Å²) in [7, 11) is 0. The van der Waals surface area contributed by atoms with Crippen molar-refractivity contribution in [3.05, 3.63) is 0 Å². The van der Waals surface area contributed by atoms with Gasteiger partial charge in [0.05, 0.1) is 0 Å². The highest BCUT2D eigenvalue weighted by molar-refractivity contribution is 4.75. The van der Waals surface area contributed by atoms with E-state index in [1.807, 2.05) is 0 Å². The predicted molar refractivity (Wildman–Crippen MR) is 53.4 cm³/mol. The van der Waals surface area contributed by atoms with Gasteiger partial charge in [-0.3, -0.25) is 4.90 Å². The van der Waals surface area contributed by atoms with Crippen molar-refractivity contribution in [3.63, 3.8) is 0 Å². The van der Waals surface area contributed by atoms with E-state index in [0.29, 0.717) is 0 Å². The van der Waals surface area contributed by atoms with Gasteiger partial charge in [-0.05, 0) is 25.8 Å². The third kappa shape index (κ3) is 3.11. The van der Waals surface area contributed by atoms with Crippen molar-refractivity contribution in [1.82, 2.24) is 10.2 Å². The number of hydrogen-bond acceptors (Lipinski definition) is 2. The van der Waals surface area contributed by atoms with Crippen molar-refractivity contribution in [1.29, 1.82) is 0 Å². The molecular formula is C10H22N2. The van der Waals surface area contributed by atoms with Crippen LogP contribution in [0.3, 0.4) is 0 Å². The van der Waals surface area contributed by atoms with Crippen molar-refractivity contribution in [2.75, 3.05) is 26.2 Å². The van der Waals surface area contributed by atoms with Crippen molar-refractivity contribution in [2.45, 2.75) is 33.2 Å². The fourth-order valence-corrected chi connectivity index (χ4v) is 1.64. The average Bonchev–Trinajstić information content (AvgIpc) is 2.03. The van der Waals surface area contributed by atoms with Crippen LogP contribution in [0.5, 0.6) is 0 Å². The Morgan fingerprint density at radius 1 is 1.50 bits per heavy atom. The van der Waals surface area contributed by atoms with Crippen LogP contribution in [-0.2, 0) is 0 Å². The molecular weight excluding hydrogens is 148 g/mol. The lowest BCUT2D eigenvalue weighted by Crippen LogP contribution is -2.50. The highest BCUT2D eigenvalue weighted by Gasteiger charge is 2.16. The highest BCUT2D eigenvalue weighted by atomic mass is 15.2. The normalized spacial score (nSPS) is 26.5. The van der Waals surface area contributed by atoms with Gasteiger partial charge in [0.2, 0.25) is 0 Å². The molecule has 12 heavy (non-hydrogen) atoms. The molecule has 1 heterocycles. The second-order valence-electron chi connectivity index (χ2n) is 4.27. The smallest absolute Gasteiger partial charge is 0.0192 e. The van der Waals surface area contributed by atoms with Gasteiger partial charge in [0, 0.05) is 25.7 Å². The second-order valence-corrected chi connectivity index (χ2v) is 4.27. The fraction of sp³-hybridized carbons (Fsp3) is 1.00. The Morgan fingerprint density at radius 2 is 2.25 bits per heavy atom. The van der Waals surface area contributed by atoms with Gasteiger partial charge in [-0.2, -0.15) is 0 Å². The van der Waals surface area contributed by atoms with Gasteiger partial charge in [0.1, 0.15) is 0 Å². The zero-order valence-corrected chi connectivity index (χ0v) is 8.64. The van der Waals surface area contributed by atoms with Crippen LogP contribution in [0.15, 0.2) is 0 Å². The van der Waals surface area contributed by atoms with Crippen molar-refractivity contribution in [3.8, 4) is 0 Å². The monoisotopic (exact) mass is 170 g/mol. The number of nitrogens with zero attached hydrogens (tertiary/aromatic N) is 1. The van der Waals surface area contributed by atoms with Crippen LogP contribution >= 0.6 is 0 Å². The molecule has 72 valence electrons. The first-order chi connectivity index (χ1) is 5.70. The van der Waals surface area contributed by atoms with Crippen LogP contribution < -0.4 is 5.32 Å². The molecule has 1 N–H and O–H groups in total. The number of piperazine rings is 1. The number of rotatable bonds is 3. The Hall–Kier alpha value is -0.0800. The Bertz CT molecular complexity index is 123. The van der Waals surface area contributed by atoms with Gasteiger partial charge in [-0.1, -0.05) is 13.8 Å². The largest absolute Gasteiger partial charge is 0.314 e. The van der Waals surface area contributed by atoms with Gasteiger partial charge in [0.25, 0.3) is 0 Å². The summed E-state index contributed by atoms with van der Waals surface area (Å²) in [5, 5.41) is 3.41. The van der Waals surface area contributed by atoms with Crippen LogP contribution in [0.1, 0.15) is 27.2 Å². The van der Waals surface area contributed by atoms with Gasteiger partial charge >= 0.3 is 0 Å². The standard InChI is InChI=1S/C10H22N2/c1-9(2)4-6-12-7-5-11-8-10(12)3/h9-11H,4-8H2,1-3H3/t10-/m1/s1. The van der Waals surface area contributed by atoms with Crippen molar-refractivity contribution >= 4 is 0 Å². The summed E-state index contributed by atoms with van der Waals surface area (Å²) >= 11 is 0. The third-order valence-corrected chi connectivity index (χ3v) is 2.63. The number of nitrogens with one attached hydrogen (secondary N) is 1. The maximum absolute atomic E-state index is 3.41. The third-order valence-electron chi connectivity index (χ3n) is 2.63. The van der Waals surface area contributed by atoms with Crippen molar-refractivity contribution < 1.29 is 0 Å². The summed E-state index contributed by atoms with van der Waals surface area (Å²) in [4.78, 5) is 2.59. The van der Waals surface area contributed by atoms with Gasteiger partial charge in [-0.15, -0.1) is 0 Å². The predicted octanol–water partition coefficient (Wildman–Crippen LogP) is 1.33. The quantitative estimate of drug-likeness (QED) is 0.687. The maximum Gasteiger partial charge on any atom is 0.0192 e. The molecule has 0 spiro atoms. The van der Waals surface area contributed by atoms with Crippen LogP contribution in [0.4, 0.5) is 0 Å². The summed E-state index contributed by atoms with van der Waals surface area (Å²) < 4.78 is 0. The minimum absolute atomic E-state index is 0.734. The van der Waals surface area contributed by atoms with E-state index < -0.39 is 0 Å². The molecule has 2 nitrogen and oxygen atoms in total. The Morgan fingerprint density at radius 3 is 2.83 bits per heavy atom. The van der Waals surface area contributed by atoms with E-state index in [0.717, 1.165) is 18.5 Å². The molecule has 0 bridgehead atoms. The summed E-state index contributed by atoms with van der Waals surface area (Å²) in [6.45, 7) is 11.8. The van der Waals surface area contributed by atoms with E-state index in [1.165, 1.54) is 26.1 Å². The molecule has 0 saturated carbocycles. The summed E-state index contributed by atoms with van der Waals surface area (Å²) in [5.41, 5.74) is 0. The van der Waals surface area contributed by atoms with Gasteiger partial charge < -0.3 is 5.32 Å². The van der Waals surface area contributed by atoms with E-state index in [9.17, 15) is 0 Å². The molecule has 0 aromatic carbocycles. The SMILES string of the molecule is CC(C)CCN1CCNC[C@H]1C. The average molecular weight is 170 g/mol. The highest BCUT2D eigenvalue weighted by Crippen LogP contribution is 2.07. The topological polar surface area (TPSA) is 15.3 Å². The molecule has 0 aromatic rings. The first kappa shape index (κ1) is 10.0. The van der Waals surface area contributed by atoms with Crippen molar-refractivity contribution in [2.24, 2.45) is 5.92 Å². The number of hydrogen-bond donors (Lipinski definition) is 1. The zero-order valence-electron chi connectivity index (χ0n) is 8.64. The van der Waals surface area contributed by atoms with E-state index in [2.05, 4.69) is 31.0 Å². The Kier molecular flexibility index (Phi) is 4.02. The van der Waals surface area contributed by atoms with E-state index >= 15 is 0 Å². The molecule has 1 aliphatic heterocycles. The molecule has 1 aliphatic rings. The molecule has 0 radical (unpaired) electrons. The van der Waals surface area contributed by atoms with Crippen LogP contribution in [0.25, 0.3) is 0 Å². The summed E-state index contributed by atoms with van der Waals surface area (Å²) in [6, 6.07) is 0.734. The van der Waals surface area contributed by atoms with E-state index in [-0.39, 0.29) is 0 Å². The molecule has 0 unspecified atom stereocenters. The van der Waals surface area contributed by atoms with Crippen LogP contribution in [0.2, 0.25) is 0 Å². The zero-order chi connectivity index (χ0) is 8.97. The Balaban J connectivity index is 2.20. The lowest BCUT2D eigenvalue weighted by atomic mass is 10.1. The summed E-state index contributed by atoms with van der Waals surface area (Å²) in [6.07, 6.45) is 1.34. The lowest BCUT2D eigenvalue weighted by Gasteiger charge is -2.34. The van der Waals surface area contributed by atoms with Crippen LogP contribution in [0, 0.1) is 5.92 Å². The lowest BCUT2D eigenvalue weighted by molar-refractivity contribution is 0.165. The van der Waals surface area contributed by atoms with Gasteiger partial charge in [0.15, 0.2) is 0 Å². The summed E-state index contributed by atoms with van der Waals surface area (Å²) in [5.74, 6) is 0.840. The van der Waals surface area contributed by atoms with Crippen LogP contribution in [-0.4, -0.2) is 37.1 Å². The second kappa shape index (κ2) is 4.83. The minimum atomic E-state index is 0.734. The molecule has 1 atom stereocenters.